The Morgan fingerprint density at radius 2 is 2.00 bits per heavy atom. The van der Waals surface area contributed by atoms with Crippen LogP contribution in [0.5, 0.6) is 5.75 Å². The zero-order valence-corrected chi connectivity index (χ0v) is 15.1. The summed E-state index contributed by atoms with van der Waals surface area (Å²) in [6, 6.07) is 5.43. The first-order chi connectivity index (χ1) is 12.0. The second-order valence-electron chi connectivity index (χ2n) is 5.95. The van der Waals surface area contributed by atoms with Crippen LogP contribution in [0.2, 0.25) is 5.02 Å². The number of benzene rings is 1. The van der Waals surface area contributed by atoms with Crippen LogP contribution < -0.4 is 10.1 Å². The van der Waals surface area contributed by atoms with Gasteiger partial charge in [0.2, 0.25) is 0 Å². The number of nitrogens with zero attached hydrogens (tertiary/aromatic N) is 2. The lowest BCUT2D eigenvalue weighted by Crippen LogP contribution is -2.51. The summed E-state index contributed by atoms with van der Waals surface area (Å²) in [6.07, 6.45) is 0.505. The third-order valence-electron chi connectivity index (χ3n) is 4.14. The number of amides is 2. The molecular weight excluding hydrogens is 346 g/mol. The maximum absolute atomic E-state index is 12.1. The number of aliphatic carboxylic acids is 1. The Kier molecular flexibility index (Phi) is 7.33. The normalized spacial score (nSPS) is 15.0. The summed E-state index contributed by atoms with van der Waals surface area (Å²) in [4.78, 5) is 26.5. The topological polar surface area (TPSA) is 82.1 Å². The van der Waals surface area contributed by atoms with Crippen LogP contribution in [0.15, 0.2) is 18.2 Å². The van der Waals surface area contributed by atoms with E-state index in [4.69, 9.17) is 21.4 Å². The van der Waals surface area contributed by atoms with Crippen molar-refractivity contribution in [3.63, 3.8) is 0 Å². The van der Waals surface area contributed by atoms with Gasteiger partial charge in [-0.25, -0.2) is 4.79 Å². The molecule has 8 heteroatoms. The van der Waals surface area contributed by atoms with E-state index in [1.165, 1.54) is 0 Å². The van der Waals surface area contributed by atoms with Gasteiger partial charge >= 0.3 is 12.0 Å². The minimum absolute atomic E-state index is 0.0650. The summed E-state index contributed by atoms with van der Waals surface area (Å²) in [5.41, 5.74) is 1.03. The summed E-state index contributed by atoms with van der Waals surface area (Å²) in [7, 11) is 1.64. The lowest BCUT2D eigenvalue weighted by Gasteiger charge is -2.35. The van der Waals surface area contributed by atoms with E-state index in [-0.39, 0.29) is 12.5 Å². The van der Waals surface area contributed by atoms with Crippen LogP contribution in [0.3, 0.4) is 0 Å². The minimum atomic E-state index is -0.848. The highest BCUT2D eigenvalue weighted by Gasteiger charge is 2.21. The van der Waals surface area contributed by atoms with E-state index in [0.717, 1.165) is 30.9 Å². The smallest absolute Gasteiger partial charge is 0.317 e. The van der Waals surface area contributed by atoms with E-state index in [1.807, 2.05) is 12.1 Å². The second-order valence-corrected chi connectivity index (χ2v) is 6.39. The van der Waals surface area contributed by atoms with Crippen molar-refractivity contribution in [1.82, 2.24) is 15.1 Å². The molecule has 1 saturated heterocycles. The summed E-state index contributed by atoms with van der Waals surface area (Å²) in [5.74, 6) is -0.0395. The number of rotatable bonds is 7. The number of carbonyl (C=O) groups is 2. The van der Waals surface area contributed by atoms with E-state index < -0.39 is 5.97 Å². The molecule has 0 unspecified atom stereocenters. The van der Waals surface area contributed by atoms with E-state index in [2.05, 4.69) is 10.2 Å². The molecule has 1 aliphatic heterocycles. The molecule has 0 spiro atoms. The van der Waals surface area contributed by atoms with Gasteiger partial charge in [0.15, 0.2) is 0 Å². The Bertz CT molecular complexity index is 604. The van der Waals surface area contributed by atoms with Crippen LogP contribution in [0.1, 0.15) is 18.4 Å². The Morgan fingerprint density at radius 1 is 1.28 bits per heavy atom. The quantitative estimate of drug-likeness (QED) is 0.719. The highest BCUT2D eigenvalue weighted by atomic mass is 35.5. The van der Waals surface area contributed by atoms with E-state index in [9.17, 15) is 9.59 Å². The number of carbonyl (C=O) groups excluding carboxylic acids is 1. The van der Waals surface area contributed by atoms with Gasteiger partial charge < -0.3 is 20.1 Å². The van der Waals surface area contributed by atoms with Gasteiger partial charge in [0.1, 0.15) is 5.75 Å². The van der Waals surface area contributed by atoms with Gasteiger partial charge in [0.25, 0.3) is 0 Å². The van der Waals surface area contributed by atoms with Crippen molar-refractivity contribution in [3.05, 3.63) is 28.8 Å². The zero-order chi connectivity index (χ0) is 18.2. The molecular formula is C17H24ClN3O4. The van der Waals surface area contributed by atoms with Gasteiger partial charge in [-0.15, -0.1) is 0 Å². The third-order valence-corrected chi connectivity index (χ3v) is 4.37. The Labute approximate surface area is 152 Å². The van der Waals surface area contributed by atoms with Gasteiger partial charge in [0.05, 0.1) is 7.11 Å². The van der Waals surface area contributed by atoms with Crippen LogP contribution in [-0.2, 0) is 11.3 Å². The molecule has 2 rings (SSSR count). The molecule has 7 nitrogen and oxygen atoms in total. The van der Waals surface area contributed by atoms with Gasteiger partial charge in [-0.1, -0.05) is 11.6 Å². The Hall–Kier alpha value is -1.99. The molecule has 1 aromatic carbocycles. The average molecular weight is 370 g/mol. The van der Waals surface area contributed by atoms with Crippen molar-refractivity contribution in [2.45, 2.75) is 19.4 Å². The number of piperazine rings is 1. The molecule has 0 saturated carbocycles. The summed E-state index contributed by atoms with van der Waals surface area (Å²) in [6.45, 7) is 3.89. The molecule has 0 radical (unpaired) electrons. The number of ether oxygens (including phenoxy) is 1. The fourth-order valence-electron chi connectivity index (χ4n) is 2.77. The number of halogens is 1. The predicted octanol–water partition coefficient (Wildman–Crippen LogP) is 2.04. The lowest BCUT2D eigenvalue weighted by atomic mass is 10.1. The van der Waals surface area contributed by atoms with Crippen LogP contribution in [0.25, 0.3) is 0 Å². The van der Waals surface area contributed by atoms with Crippen molar-refractivity contribution in [3.8, 4) is 5.75 Å². The van der Waals surface area contributed by atoms with Gasteiger partial charge in [-0.05, 0) is 24.6 Å². The summed E-state index contributed by atoms with van der Waals surface area (Å²) >= 11 is 6.06. The highest BCUT2D eigenvalue weighted by molar-refractivity contribution is 6.30. The second kappa shape index (κ2) is 9.48. The molecule has 0 aromatic heterocycles. The van der Waals surface area contributed by atoms with E-state index >= 15 is 0 Å². The Morgan fingerprint density at radius 3 is 2.64 bits per heavy atom. The van der Waals surface area contributed by atoms with Gasteiger partial charge in [-0.3, -0.25) is 9.69 Å². The van der Waals surface area contributed by atoms with Crippen molar-refractivity contribution in [2.24, 2.45) is 0 Å². The standard InChI is InChI=1S/C17H24ClN3O4/c1-25-15-5-4-14(18)11-13(15)12-20-7-9-21(10-8-20)17(24)19-6-2-3-16(22)23/h4-5,11H,2-3,6-10,12H2,1H3,(H,19,24)(H,22,23). The first-order valence-corrected chi connectivity index (χ1v) is 8.66. The number of hydrogen-bond donors (Lipinski definition) is 2. The fraction of sp³-hybridized carbons (Fsp3) is 0.529. The predicted molar refractivity (Wildman–Crippen MR) is 95.1 cm³/mol. The highest BCUT2D eigenvalue weighted by Crippen LogP contribution is 2.24. The van der Waals surface area contributed by atoms with Gasteiger partial charge in [-0.2, -0.15) is 0 Å². The van der Waals surface area contributed by atoms with Crippen molar-refractivity contribution in [1.29, 1.82) is 0 Å². The molecule has 0 aliphatic carbocycles. The number of carboxylic acids is 1. The monoisotopic (exact) mass is 369 g/mol. The van der Waals surface area contributed by atoms with Crippen LogP contribution in [0.4, 0.5) is 4.79 Å². The zero-order valence-electron chi connectivity index (χ0n) is 14.3. The maximum Gasteiger partial charge on any atom is 0.317 e. The number of hydrogen-bond acceptors (Lipinski definition) is 4. The minimum Gasteiger partial charge on any atom is -0.496 e. The SMILES string of the molecule is COc1ccc(Cl)cc1CN1CCN(C(=O)NCCCC(=O)O)CC1. The molecule has 25 heavy (non-hydrogen) atoms. The number of urea groups is 1. The molecule has 2 amide bonds. The summed E-state index contributed by atoms with van der Waals surface area (Å²) in [5, 5.41) is 12.0. The molecule has 0 atom stereocenters. The van der Waals surface area contributed by atoms with E-state index in [1.54, 1.807) is 18.1 Å². The molecule has 1 aromatic rings. The maximum atomic E-state index is 12.1. The van der Waals surface area contributed by atoms with Crippen LogP contribution in [-0.4, -0.2) is 66.7 Å². The third kappa shape index (κ3) is 6.10. The van der Waals surface area contributed by atoms with Gasteiger partial charge in [0, 0.05) is 56.3 Å². The Balaban J connectivity index is 1.77. The van der Waals surface area contributed by atoms with Crippen LogP contribution in [0, 0.1) is 0 Å². The molecule has 1 fully saturated rings. The number of carboxylic acid groups (broad SMARTS) is 1. The fourth-order valence-corrected chi connectivity index (χ4v) is 2.96. The average Bonchev–Trinajstić information content (AvgIpc) is 2.59. The molecule has 0 bridgehead atoms. The molecule has 1 heterocycles. The van der Waals surface area contributed by atoms with Crippen molar-refractivity contribution >= 4 is 23.6 Å². The first-order valence-electron chi connectivity index (χ1n) is 8.29. The largest absolute Gasteiger partial charge is 0.496 e. The first kappa shape index (κ1) is 19.3. The molecule has 1 aliphatic rings. The van der Waals surface area contributed by atoms with E-state index in [0.29, 0.717) is 31.1 Å². The van der Waals surface area contributed by atoms with Crippen molar-refractivity contribution in [2.75, 3.05) is 39.8 Å². The van der Waals surface area contributed by atoms with Crippen molar-refractivity contribution < 1.29 is 19.4 Å². The van der Waals surface area contributed by atoms with Crippen LogP contribution >= 0.6 is 11.6 Å². The number of nitrogens with one attached hydrogen (secondary N) is 1. The molecule has 2 N–H and O–H groups in total. The summed E-state index contributed by atoms with van der Waals surface area (Å²) < 4.78 is 5.37. The lowest BCUT2D eigenvalue weighted by molar-refractivity contribution is -0.137. The molecule has 138 valence electrons. The number of methoxy groups -OCH3 is 1.